The zero-order valence-corrected chi connectivity index (χ0v) is 7.62. The Balaban J connectivity index is 2.58. The van der Waals surface area contributed by atoms with Crippen molar-refractivity contribution in [3.8, 4) is 5.75 Å². The number of quaternary nitrogens is 1. The van der Waals surface area contributed by atoms with Crippen molar-refractivity contribution in [3.05, 3.63) is 29.8 Å². The number of rotatable bonds is 3. The second kappa shape index (κ2) is 4.12. The standard InChI is InChI=1S/C10H15NO/c1-8(11-2)7-9-3-5-10(12)6-4-9/h3-6,8,11-12H,7H2,1-2H3/p+1/t8-/m1/s1. The van der Waals surface area contributed by atoms with E-state index in [2.05, 4.69) is 19.3 Å². The Kier molecular flexibility index (Phi) is 3.11. The van der Waals surface area contributed by atoms with Crippen LogP contribution in [0, 0.1) is 0 Å². The first kappa shape index (κ1) is 9.07. The number of hydrogen-bond donors (Lipinski definition) is 2. The minimum absolute atomic E-state index is 0.340. The molecule has 2 nitrogen and oxygen atoms in total. The summed E-state index contributed by atoms with van der Waals surface area (Å²) in [5.41, 5.74) is 1.28. The lowest BCUT2D eigenvalue weighted by atomic mass is 10.1. The molecule has 0 heterocycles. The third-order valence-corrected chi connectivity index (χ3v) is 2.06. The summed E-state index contributed by atoms with van der Waals surface area (Å²) < 4.78 is 0. The summed E-state index contributed by atoms with van der Waals surface area (Å²) >= 11 is 0. The van der Waals surface area contributed by atoms with Gasteiger partial charge in [0.1, 0.15) is 5.75 Å². The summed E-state index contributed by atoms with van der Waals surface area (Å²) in [6.07, 6.45) is 1.05. The van der Waals surface area contributed by atoms with Gasteiger partial charge in [0.05, 0.1) is 13.1 Å². The molecule has 0 bridgehead atoms. The van der Waals surface area contributed by atoms with E-state index in [4.69, 9.17) is 5.11 Å². The fraction of sp³-hybridized carbons (Fsp3) is 0.400. The molecule has 0 aliphatic heterocycles. The Morgan fingerprint density at radius 3 is 2.42 bits per heavy atom. The fourth-order valence-corrected chi connectivity index (χ4v) is 1.12. The molecule has 0 saturated heterocycles. The van der Waals surface area contributed by atoms with E-state index in [1.54, 1.807) is 12.1 Å². The van der Waals surface area contributed by atoms with Crippen molar-refractivity contribution in [2.45, 2.75) is 19.4 Å². The van der Waals surface area contributed by atoms with Crippen molar-refractivity contribution in [2.75, 3.05) is 7.05 Å². The van der Waals surface area contributed by atoms with Crippen LogP contribution in [0.15, 0.2) is 24.3 Å². The maximum Gasteiger partial charge on any atom is 0.115 e. The summed E-state index contributed by atoms with van der Waals surface area (Å²) in [7, 11) is 2.07. The molecule has 0 radical (unpaired) electrons. The highest BCUT2D eigenvalue weighted by molar-refractivity contribution is 5.26. The molecule has 0 spiro atoms. The minimum atomic E-state index is 0.340. The third kappa shape index (κ3) is 2.55. The van der Waals surface area contributed by atoms with Crippen molar-refractivity contribution in [3.63, 3.8) is 0 Å². The summed E-state index contributed by atoms with van der Waals surface area (Å²) in [6, 6.07) is 8.01. The van der Waals surface area contributed by atoms with E-state index in [0.717, 1.165) is 6.42 Å². The molecule has 1 aromatic carbocycles. The first-order valence-corrected chi connectivity index (χ1v) is 4.29. The van der Waals surface area contributed by atoms with Gasteiger partial charge in [-0.05, 0) is 24.6 Å². The molecule has 0 fully saturated rings. The molecule has 0 aliphatic rings. The number of phenolic OH excluding ortho intramolecular Hbond substituents is 1. The molecule has 1 atom stereocenters. The summed E-state index contributed by atoms with van der Waals surface area (Å²) in [6.45, 7) is 2.19. The maximum atomic E-state index is 9.04. The van der Waals surface area contributed by atoms with Crippen LogP contribution in [0.5, 0.6) is 5.75 Å². The average Bonchev–Trinajstić information content (AvgIpc) is 2.09. The molecule has 0 aromatic heterocycles. The smallest absolute Gasteiger partial charge is 0.115 e. The summed E-state index contributed by atoms with van der Waals surface area (Å²) in [5, 5.41) is 11.2. The Bertz CT molecular complexity index is 230. The second-order valence-corrected chi connectivity index (χ2v) is 3.18. The molecule has 1 rings (SSSR count). The van der Waals surface area contributed by atoms with Crippen molar-refractivity contribution in [1.29, 1.82) is 0 Å². The van der Waals surface area contributed by atoms with Crippen LogP contribution in [0.4, 0.5) is 0 Å². The lowest BCUT2D eigenvalue weighted by Gasteiger charge is -2.06. The monoisotopic (exact) mass is 166 g/mol. The first-order chi connectivity index (χ1) is 5.72. The van der Waals surface area contributed by atoms with E-state index in [9.17, 15) is 0 Å². The van der Waals surface area contributed by atoms with Gasteiger partial charge in [-0.1, -0.05) is 12.1 Å². The van der Waals surface area contributed by atoms with Gasteiger partial charge in [-0.2, -0.15) is 0 Å². The largest absolute Gasteiger partial charge is 0.508 e. The minimum Gasteiger partial charge on any atom is -0.508 e. The van der Waals surface area contributed by atoms with Crippen LogP contribution in [0.3, 0.4) is 0 Å². The molecule has 1 aromatic rings. The van der Waals surface area contributed by atoms with Crippen molar-refractivity contribution in [1.82, 2.24) is 0 Å². The highest BCUT2D eigenvalue weighted by atomic mass is 16.3. The molecule has 3 N–H and O–H groups in total. The van der Waals surface area contributed by atoms with Gasteiger partial charge in [0.25, 0.3) is 0 Å². The molecule has 0 saturated carbocycles. The van der Waals surface area contributed by atoms with E-state index >= 15 is 0 Å². The van der Waals surface area contributed by atoms with Gasteiger partial charge in [0.2, 0.25) is 0 Å². The van der Waals surface area contributed by atoms with Crippen LogP contribution in [0.2, 0.25) is 0 Å². The van der Waals surface area contributed by atoms with Crippen molar-refractivity contribution >= 4 is 0 Å². The molecule has 12 heavy (non-hydrogen) atoms. The van der Waals surface area contributed by atoms with Crippen LogP contribution in [0.25, 0.3) is 0 Å². The van der Waals surface area contributed by atoms with E-state index in [1.807, 2.05) is 12.1 Å². The van der Waals surface area contributed by atoms with E-state index in [-0.39, 0.29) is 0 Å². The lowest BCUT2D eigenvalue weighted by Crippen LogP contribution is -2.85. The van der Waals surface area contributed by atoms with Gasteiger partial charge in [-0.25, -0.2) is 0 Å². The lowest BCUT2D eigenvalue weighted by molar-refractivity contribution is -0.659. The molecule has 0 unspecified atom stereocenters. The number of phenols is 1. The Morgan fingerprint density at radius 1 is 1.33 bits per heavy atom. The van der Waals surface area contributed by atoms with Gasteiger partial charge in [-0.15, -0.1) is 0 Å². The van der Waals surface area contributed by atoms with Crippen LogP contribution < -0.4 is 5.32 Å². The van der Waals surface area contributed by atoms with Crippen LogP contribution in [-0.2, 0) is 6.42 Å². The highest BCUT2D eigenvalue weighted by Gasteiger charge is 2.02. The molecule has 2 heteroatoms. The van der Waals surface area contributed by atoms with Crippen LogP contribution in [-0.4, -0.2) is 18.2 Å². The van der Waals surface area contributed by atoms with Gasteiger partial charge in [0.15, 0.2) is 0 Å². The normalized spacial score (nSPS) is 12.8. The number of aromatic hydroxyl groups is 1. The van der Waals surface area contributed by atoms with Crippen molar-refractivity contribution < 1.29 is 10.4 Å². The van der Waals surface area contributed by atoms with Gasteiger partial charge < -0.3 is 10.4 Å². The van der Waals surface area contributed by atoms with Gasteiger partial charge in [-0.3, -0.25) is 0 Å². The third-order valence-electron chi connectivity index (χ3n) is 2.06. The van der Waals surface area contributed by atoms with Crippen LogP contribution in [0.1, 0.15) is 12.5 Å². The number of likely N-dealkylation sites (N-methyl/N-ethyl adjacent to an activating group) is 1. The van der Waals surface area contributed by atoms with E-state index in [1.165, 1.54) is 5.56 Å². The summed E-state index contributed by atoms with van der Waals surface area (Å²) in [4.78, 5) is 0. The number of benzene rings is 1. The maximum absolute atomic E-state index is 9.04. The van der Waals surface area contributed by atoms with Crippen molar-refractivity contribution in [2.24, 2.45) is 0 Å². The van der Waals surface area contributed by atoms with Crippen LogP contribution >= 0.6 is 0 Å². The fourth-order valence-electron chi connectivity index (χ4n) is 1.12. The molecule has 66 valence electrons. The zero-order valence-electron chi connectivity index (χ0n) is 7.62. The summed E-state index contributed by atoms with van der Waals surface area (Å²) in [5.74, 6) is 0.340. The topological polar surface area (TPSA) is 36.8 Å². The molecular weight excluding hydrogens is 150 g/mol. The Hall–Kier alpha value is -1.02. The number of hydrogen-bond acceptors (Lipinski definition) is 1. The quantitative estimate of drug-likeness (QED) is 0.674. The second-order valence-electron chi connectivity index (χ2n) is 3.18. The van der Waals surface area contributed by atoms with Gasteiger partial charge in [0, 0.05) is 6.42 Å². The first-order valence-electron chi connectivity index (χ1n) is 4.29. The van der Waals surface area contributed by atoms with Gasteiger partial charge >= 0.3 is 0 Å². The number of nitrogens with two attached hydrogens (primary N) is 1. The SMILES string of the molecule is C[NH2+][C@H](C)Cc1ccc(O)cc1. The predicted octanol–water partition coefficient (Wildman–Crippen LogP) is 0.516. The average molecular weight is 166 g/mol. The van der Waals surface area contributed by atoms with E-state index < -0.39 is 0 Å². The zero-order chi connectivity index (χ0) is 8.97. The van der Waals surface area contributed by atoms with E-state index in [0.29, 0.717) is 11.8 Å². The predicted molar refractivity (Wildman–Crippen MR) is 49.1 cm³/mol. The molecule has 0 aliphatic carbocycles. The highest BCUT2D eigenvalue weighted by Crippen LogP contribution is 2.10. The Labute approximate surface area is 73.2 Å². The molecular formula is C10H16NO+. The molecule has 0 amide bonds. The Morgan fingerprint density at radius 2 is 1.92 bits per heavy atom.